The molecule has 2 aromatic rings. The number of hydrogen-bond donors (Lipinski definition) is 4. The molecule has 1 fully saturated rings. The second-order valence-electron chi connectivity index (χ2n) is 6.93. The van der Waals surface area contributed by atoms with Crippen LogP contribution in [0.25, 0.3) is 10.9 Å². The van der Waals surface area contributed by atoms with Crippen molar-refractivity contribution in [3.63, 3.8) is 0 Å². The number of anilines is 2. The van der Waals surface area contributed by atoms with Gasteiger partial charge in [-0.1, -0.05) is 0 Å². The highest BCUT2D eigenvalue weighted by molar-refractivity contribution is 5.90. The lowest BCUT2D eigenvalue weighted by Gasteiger charge is -2.19. The van der Waals surface area contributed by atoms with E-state index in [1.165, 1.54) is 0 Å². The second kappa shape index (κ2) is 10.5. The monoisotopic (exact) mass is 425 g/mol. The average molecular weight is 426 g/mol. The van der Waals surface area contributed by atoms with Crippen molar-refractivity contribution in [3.8, 4) is 0 Å². The Morgan fingerprint density at radius 2 is 2.03 bits per heavy atom. The van der Waals surface area contributed by atoms with Crippen LogP contribution >= 0.6 is 12.4 Å². The number of rotatable bonds is 8. The summed E-state index contributed by atoms with van der Waals surface area (Å²) in [6.45, 7) is 1.45. The molecule has 9 nitrogen and oxygen atoms in total. The number of aliphatic hydroxyl groups excluding tert-OH is 2. The number of carbonyl (C=O) groups is 1. The van der Waals surface area contributed by atoms with Gasteiger partial charge in [0.2, 0.25) is 11.9 Å². The molecule has 160 valence electrons. The fourth-order valence-corrected chi connectivity index (χ4v) is 3.27. The number of nitrogens with zero attached hydrogens (tertiary/aromatic N) is 3. The minimum atomic E-state index is -0.314. The number of amides is 1. The van der Waals surface area contributed by atoms with E-state index in [4.69, 9.17) is 10.5 Å². The van der Waals surface area contributed by atoms with Gasteiger partial charge in [0.15, 0.2) is 0 Å². The molecule has 10 heteroatoms. The van der Waals surface area contributed by atoms with Crippen LogP contribution in [-0.2, 0) is 22.7 Å². The molecule has 1 aliphatic heterocycles. The maximum atomic E-state index is 11.9. The number of halogens is 1. The number of hydrogen-bond acceptors (Lipinski definition) is 8. The number of nitrogens with two attached hydrogens (primary N) is 1. The lowest BCUT2D eigenvalue weighted by atomic mass is 10.1. The zero-order valence-electron chi connectivity index (χ0n) is 16.4. The average Bonchev–Trinajstić information content (AvgIpc) is 3.24. The zero-order chi connectivity index (χ0) is 20.1. The summed E-state index contributed by atoms with van der Waals surface area (Å²) in [5.41, 5.74) is 7.91. The van der Waals surface area contributed by atoms with Crippen molar-refractivity contribution in [2.45, 2.75) is 38.6 Å². The fourth-order valence-electron chi connectivity index (χ4n) is 3.27. The van der Waals surface area contributed by atoms with E-state index in [0.717, 1.165) is 19.3 Å². The molecule has 0 aliphatic carbocycles. The lowest BCUT2D eigenvalue weighted by molar-refractivity contribution is -0.130. The number of benzene rings is 1. The molecule has 0 saturated carbocycles. The van der Waals surface area contributed by atoms with Crippen LogP contribution in [0.1, 0.15) is 30.4 Å². The SMILES string of the molecule is CN(CCCNC(=O)C1CCCO1)c1nc(N)c2cc(CO)c(CO)cc2n1.Cl. The molecule has 1 saturated heterocycles. The Kier molecular flexibility index (Phi) is 8.39. The molecule has 1 unspecified atom stereocenters. The predicted molar refractivity (Wildman–Crippen MR) is 113 cm³/mol. The summed E-state index contributed by atoms with van der Waals surface area (Å²) in [4.78, 5) is 22.7. The van der Waals surface area contributed by atoms with E-state index >= 15 is 0 Å². The molecule has 1 atom stereocenters. The summed E-state index contributed by atoms with van der Waals surface area (Å²) in [6, 6.07) is 3.43. The fraction of sp³-hybridized carbons (Fsp3) is 0.526. The van der Waals surface area contributed by atoms with Gasteiger partial charge in [-0.2, -0.15) is 4.98 Å². The van der Waals surface area contributed by atoms with Gasteiger partial charge in [0.05, 0.1) is 18.7 Å². The third-order valence-corrected chi connectivity index (χ3v) is 4.91. The van der Waals surface area contributed by atoms with E-state index in [0.29, 0.717) is 53.5 Å². The molecule has 1 aliphatic rings. The Morgan fingerprint density at radius 1 is 1.31 bits per heavy atom. The molecule has 1 amide bonds. The molecule has 1 aromatic heterocycles. The van der Waals surface area contributed by atoms with E-state index in [1.807, 2.05) is 11.9 Å². The second-order valence-corrected chi connectivity index (χ2v) is 6.93. The highest BCUT2D eigenvalue weighted by Crippen LogP contribution is 2.25. The van der Waals surface area contributed by atoms with Gasteiger partial charge in [-0.3, -0.25) is 4.79 Å². The quantitative estimate of drug-likeness (QED) is 0.455. The van der Waals surface area contributed by atoms with Crippen molar-refractivity contribution in [1.82, 2.24) is 15.3 Å². The highest BCUT2D eigenvalue weighted by atomic mass is 35.5. The predicted octanol–water partition coefficient (Wildman–Crippen LogP) is 0.740. The van der Waals surface area contributed by atoms with Gasteiger partial charge >= 0.3 is 0 Å². The first-order chi connectivity index (χ1) is 13.5. The summed E-state index contributed by atoms with van der Waals surface area (Å²) in [6.07, 6.45) is 2.12. The maximum absolute atomic E-state index is 11.9. The maximum Gasteiger partial charge on any atom is 0.249 e. The van der Waals surface area contributed by atoms with Crippen molar-refractivity contribution < 1.29 is 19.7 Å². The first kappa shape index (κ1) is 23.1. The Bertz CT molecular complexity index is 845. The Balaban J connectivity index is 0.00000300. The van der Waals surface area contributed by atoms with Crippen molar-refractivity contribution in [2.24, 2.45) is 0 Å². The number of ether oxygens (including phenoxy) is 1. The van der Waals surface area contributed by atoms with Crippen LogP contribution in [0.5, 0.6) is 0 Å². The van der Waals surface area contributed by atoms with E-state index < -0.39 is 0 Å². The van der Waals surface area contributed by atoms with Gasteiger partial charge in [-0.25, -0.2) is 4.98 Å². The third kappa shape index (κ3) is 5.45. The minimum absolute atomic E-state index is 0. The van der Waals surface area contributed by atoms with Crippen LogP contribution in [0, 0.1) is 0 Å². The van der Waals surface area contributed by atoms with Crippen LogP contribution in [0.2, 0.25) is 0 Å². The smallest absolute Gasteiger partial charge is 0.249 e. The molecule has 0 radical (unpaired) electrons. The first-order valence-corrected chi connectivity index (χ1v) is 9.44. The molecule has 0 spiro atoms. The van der Waals surface area contributed by atoms with Crippen molar-refractivity contribution in [3.05, 3.63) is 23.3 Å². The lowest BCUT2D eigenvalue weighted by Crippen LogP contribution is -2.36. The van der Waals surface area contributed by atoms with Crippen molar-refractivity contribution >= 4 is 41.0 Å². The molecule has 0 bridgehead atoms. The van der Waals surface area contributed by atoms with Crippen LogP contribution in [0.15, 0.2) is 12.1 Å². The Morgan fingerprint density at radius 3 is 2.69 bits per heavy atom. The molecule has 1 aromatic carbocycles. The summed E-state index contributed by atoms with van der Waals surface area (Å²) in [7, 11) is 1.86. The van der Waals surface area contributed by atoms with Gasteiger partial charge in [-0.15, -0.1) is 12.4 Å². The Labute approximate surface area is 175 Å². The van der Waals surface area contributed by atoms with Crippen LogP contribution in [-0.4, -0.2) is 58.9 Å². The van der Waals surface area contributed by atoms with E-state index in [2.05, 4.69) is 15.3 Å². The van der Waals surface area contributed by atoms with Gasteiger partial charge in [0.25, 0.3) is 0 Å². The normalized spacial score (nSPS) is 15.9. The number of aromatic nitrogens is 2. The standard InChI is InChI=1S/C19H27N5O4.ClH/c1-24(6-3-5-21-18(27)16-4-2-7-28-16)19-22-15-9-13(11-26)12(10-25)8-14(15)17(20)23-19;/h8-9,16,25-26H,2-7,10-11H2,1H3,(H,21,27)(H2,20,22,23);1H. The number of carbonyl (C=O) groups excluding carboxylic acids is 1. The summed E-state index contributed by atoms with van der Waals surface area (Å²) in [5.74, 6) is 0.733. The zero-order valence-corrected chi connectivity index (χ0v) is 17.2. The van der Waals surface area contributed by atoms with Crippen LogP contribution < -0.4 is 16.0 Å². The topological polar surface area (TPSA) is 134 Å². The number of fused-ring (bicyclic) bond motifs is 1. The van der Waals surface area contributed by atoms with Gasteiger partial charge in [0.1, 0.15) is 11.9 Å². The molecular weight excluding hydrogens is 398 g/mol. The van der Waals surface area contributed by atoms with E-state index in [9.17, 15) is 15.0 Å². The molecular formula is C19H28ClN5O4. The molecule has 3 rings (SSSR count). The molecule has 29 heavy (non-hydrogen) atoms. The highest BCUT2D eigenvalue weighted by Gasteiger charge is 2.22. The van der Waals surface area contributed by atoms with Gasteiger partial charge in [-0.05, 0) is 42.5 Å². The minimum Gasteiger partial charge on any atom is -0.392 e. The van der Waals surface area contributed by atoms with Gasteiger partial charge < -0.3 is 30.9 Å². The summed E-state index contributed by atoms with van der Waals surface area (Å²) >= 11 is 0. The largest absolute Gasteiger partial charge is 0.392 e. The van der Waals surface area contributed by atoms with Gasteiger partial charge in [0, 0.05) is 32.1 Å². The third-order valence-electron chi connectivity index (χ3n) is 4.91. The number of nitrogen functional groups attached to an aromatic ring is 1. The Hall–Kier alpha value is -2.20. The van der Waals surface area contributed by atoms with Crippen LogP contribution in [0.4, 0.5) is 11.8 Å². The molecule has 5 N–H and O–H groups in total. The number of nitrogens with one attached hydrogen (secondary N) is 1. The van der Waals surface area contributed by atoms with Crippen molar-refractivity contribution in [2.75, 3.05) is 37.4 Å². The summed E-state index contributed by atoms with van der Waals surface area (Å²) < 4.78 is 5.36. The summed E-state index contributed by atoms with van der Waals surface area (Å²) in [5, 5.41) is 22.5. The first-order valence-electron chi connectivity index (χ1n) is 9.44. The van der Waals surface area contributed by atoms with E-state index in [1.54, 1.807) is 12.1 Å². The molecule has 2 heterocycles. The van der Waals surface area contributed by atoms with Crippen molar-refractivity contribution in [1.29, 1.82) is 0 Å². The number of aliphatic hydroxyl groups is 2. The van der Waals surface area contributed by atoms with E-state index in [-0.39, 0.29) is 37.6 Å². The van der Waals surface area contributed by atoms with Crippen LogP contribution in [0.3, 0.4) is 0 Å².